The molecule has 9 atom stereocenters. The van der Waals surface area contributed by atoms with Crippen LogP contribution in [0.5, 0.6) is 0 Å². The molecular formula is C30H46N2O14S2. The number of carbonyl (C=O) groups is 7. The van der Waals surface area contributed by atoms with Gasteiger partial charge in [0, 0.05) is 47.3 Å². The summed E-state index contributed by atoms with van der Waals surface area (Å²) in [6, 6.07) is -0.901. The summed E-state index contributed by atoms with van der Waals surface area (Å²) in [5.74, 6) is -3.67. The maximum atomic E-state index is 13.6. The second kappa shape index (κ2) is 17.9. The van der Waals surface area contributed by atoms with Gasteiger partial charge in [-0.1, -0.05) is 6.92 Å². The van der Waals surface area contributed by atoms with Gasteiger partial charge in [0.2, 0.25) is 5.91 Å². The average molecular weight is 723 g/mol. The van der Waals surface area contributed by atoms with E-state index in [1.165, 1.54) is 30.5 Å². The number of piperidine rings is 1. The fourth-order valence-corrected chi connectivity index (χ4v) is 7.58. The van der Waals surface area contributed by atoms with Crippen molar-refractivity contribution in [1.82, 2.24) is 10.2 Å². The van der Waals surface area contributed by atoms with Crippen LogP contribution >= 0.6 is 23.5 Å². The molecule has 2 aliphatic rings. The molecule has 0 spiro atoms. The Balaban J connectivity index is 2.65. The van der Waals surface area contributed by atoms with Gasteiger partial charge in [-0.2, -0.15) is 0 Å². The zero-order chi connectivity index (χ0) is 36.5. The highest BCUT2D eigenvalue weighted by Crippen LogP contribution is 2.38. The summed E-state index contributed by atoms with van der Waals surface area (Å²) in [6.45, 7) is 13.5. The van der Waals surface area contributed by atoms with Crippen LogP contribution in [0.25, 0.3) is 0 Å². The molecule has 2 saturated heterocycles. The molecule has 0 aliphatic carbocycles. The summed E-state index contributed by atoms with van der Waals surface area (Å²) in [6.07, 6.45) is -8.20. The highest BCUT2D eigenvalue weighted by atomic mass is 32.2. The smallest absolute Gasteiger partial charge is 0.411 e. The van der Waals surface area contributed by atoms with Gasteiger partial charge in [-0.3, -0.25) is 33.7 Å². The lowest BCUT2D eigenvalue weighted by atomic mass is 9.97. The van der Waals surface area contributed by atoms with Crippen molar-refractivity contribution in [3.05, 3.63) is 0 Å². The van der Waals surface area contributed by atoms with Gasteiger partial charge in [-0.25, -0.2) is 4.79 Å². The average Bonchev–Trinajstić information content (AvgIpc) is 2.90. The van der Waals surface area contributed by atoms with E-state index in [0.717, 1.165) is 39.5 Å². The van der Waals surface area contributed by atoms with Crippen LogP contribution in [-0.2, 0) is 61.9 Å². The molecule has 0 bridgehead atoms. The lowest BCUT2D eigenvalue weighted by Gasteiger charge is -2.48. The minimum absolute atomic E-state index is 0.0734. The standard InChI is InChI=1S/C30H46N2O14S2/c1-11-47-28-22(31-14(2)33)25(43-18(6)37)24(42-17(5)36)21(45-28)13-48-27-26(44-19(7)38)23(41-16(4)35)20(40-15(3)34)12-32(27)29(39)46-30(8,9)10/h20-28H,11-13H2,1-10H3,(H,31,33)/t20-,21-,22-,23-,24-,25-,26+,27+,28+/m1/s1. The first kappa shape index (κ1) is 40.9. The summed E-state index contributed by atoms with van der Waals surface area (Å²) < 4.78 is 39.9. The zero-order valence-corrected chi connectivity index (χ0v) is 30.4. The van der Waals surface area contributed by atoms with Crippen molar-refractivity contribution in [3.8, 4) is 0 Å². The molecule has 2 aliphatic heterocycles. The molecule has 0 saturated carbocycles. The fraction of sp³-hybridized carbons (Fsp3) is 0.767. The molecule has 0 aromatic rings. The van der Waals surface area contributed by atoms with Crippen molar-refractivity contribution in [2.24, 2.45) is 0 Å². The van der Waals surface area contributed by atoms with Crippen molar-refractivity contribution in [2.45, 2.75) is 128 Å². The number of hydrogen-bond donors (Lipinski definition) is 1. The Morgan fingerprint density at radius 2 is 1.23 bits per heavy atom. The number of amides is 2. The first-order chi connectivity index (χ1) is 22.2. The minimum Gasteiger partial charge on any atom is -0.457 e. The van der Waals surface area contributed by atoms with Gasteiger partial charge in [0.15, 0.2) is 30.5 Å². The van der Waals surface area contributed by atoms with Gasteiger partial charge in [-0.05, 0) is 26.5 Å². The molecule has 2 fully saturated rings. The Hall–Kier alpha value is -3.25. The second-order valence-corrected chi connectivity index (χ2v) is 14.6. The van der Waals surface area contributed by atoms with Crippen molar-refractivity contribution >= 4 is 65.4 Å². The van der Waals surface area contributed by atoms with E-state index in [-0.39, 0.29) is 12.3 Å². The normalized spacial score (nSPS) is 28.7. The predicted molar refractivity (Wildman–Crippen MR) is 171 cm³/mol. The van der Waals surface area contributed by atoms with Crippen molar-refractivity contribution in [3.63, 3.8) is 0 Å². The molecule has 2 amide bonds. The van der Waals surface area contributed by atoms with Gasteiger partial charge >= 0.3 is 35.9 Å². The van der Waals surface area contributed by atoms with Crippen molar-refractivity contribution in [1.29, 1.82) is 0 Å². The first-order valence-corrected chi connectivity index (χ1v) is 17.3. The van der Waals surface area contributed by atoms with Gasteiger partial charge < -0.3 is 38.5 Å². The number of likely N-dealkylation sites (tertiary alicyclic amines) is 1. The molecule has 18 heteroatoms. The SMILES string of the molecule is CCS[C@@H]1O[C@H](CS[C@H]2[C@@H](OC(C)=O)[C@H](OC(C)=O)[C@H](OC(C)=O)CN2C(=O)OC(C)(C)C)[C@@H](OC(C)=O)[C@H](OC(C)=O)[C@H]1NC(C)=O. The molecule has 16 nitrogen and oxygen atoms in total. The van der Waals surface area contributed by atoms with Crippen LogP contribution in [-0.4, -0.2) is 124 Å². The third-order valence-corrected chi connectivity index (χ3v) is 9.04. The lowest BCUT2D eigenvalue weighted by Crippen LogP contribution is -2.66. The third kappa shape index (κ3) is 12.3. The Kier molecular flexibility index (Phi) is 15.3. The quantitative estimate of drug-likeness (QED) is 0.239. The Morgan fingerprint density at radius 1 is 0.729 bits per heavy atom. The molecular weight excluding hydrogens is 676 g/mol. The number of ether oxygens (including phenoxy) is 7. The first-order valence-electron chi connectivity index (χ1n) is 15.3. The molecule has 0 aromatic heterocycles. The maximum Gasteiger partial charge on any atom is 0.411 e. The van der Waals surface area contributed by atoms with E-state index in [9.17, 15) is 33.6 Å². The Morgan fingerprint density at radius 3 is 1.71 bits per heavy atom. The monoisotopic (exact) mass is 722 g/mol. The summed E-state index contributed by atoms with van der Waals surface area (Å²) in [5.41, 5.74) is -1.72. The van der Waals surface area contributed by atoms with Crippen LogP contribution in [0.15, 0.2) is 0 Å². The lowest BCUT2D eigenvalue weighted by molar-refractivity contribution is -0.201. The number of rotatable bonds is 11. The highest BCUT2D eigenvalue weighted by Gasteiger charge is 2.54. The van der Waals surface area contributed by atoms with Crippen LogP contribution in [0.2, 0.25) is 0 Å². The van der Waals surface area contributed by atoms with Gasteiger partial charge in [0.25, 0.3) is 0 Å². The number of thioether (sulfide) groups is 2. The Labute approximate surface area is 288 Å². The summed E-state index contributed by atoms with van der Waals surface area (Å²) in [5, 5.41) is 1.62. The van der Waals surface area contributed by atoms with E-state index < -0.39 is 101 Å². The van der Waals surface area contributed by atoms with E-state index in [4.69, 9.17) is 33.2 Å². The van der Waals surface area contributed by atoms with Gasteiger partial charge in [0.05, 0.1) is 6.54 Å². The topological polar surface area (TPSA) is 199 Å². The Bertz CT molecular complexity index is 1210. The summed E-state index contributed by atoms with van der Waals surface area (Å²) >= 11 is 2.33. The summed E-state index contributed by atoms with van der Waals surface area (Å²) in [7, 11) is 0. The third-order valence-electron chi connectivity index (χ3n) is 6.59. The fourth-order valence-electron chi connectivity index (χ4n) is 5.20. The molecule has 0 unspecified atom stereocenters. The van der Waals surface area contributed by atoms with E-state index in [2.05, 4.69) is 5.32 Å². The molecule has 0 radical (unpaired) electrons. The van der Waals surface area contributed by atoms with E-state index >= 15 is 0 Å². The number of esters is 5. The predicted octanol–water partition coefficient (Wildman–Crippen LogP) is 1.94. The molecule has 2 heterocycles. The second-order valence-electron chi connectivity index (χ2n) is 12.0. The van der Waals surface area contributed by atoms with Crippen LogP contribution in [0.3, 0.4) is 0 Å². The van der Waals surface area contributed by atoms with Crippen LogP contribution in [0.4, 0.5) is 4.79 Å². The number of nitrogens with one attached hydrogen (secondary N) is 1. The zero-order valence-electron chi connectivity index (χ0n) is 28.8. The highest BCUT2D eigenvalue weighted by molar-refractivity contribution is 8.00. The van der Waals surface area contributed by atoms with E-state index in [1.54, 1.807) is 20.8 Å². The van der Waals surface area contributed by atoms with E-state index in [0.29, 0.717) is 5.75 Å². The molecule has 272 valence electrons. The minimum atomic E-state index is -1.38. The van der Waals surface area contributed by atoms with Crippen LogP contribution in [0, 0.1) is 0 Å². The largest absolute Gasteiger partial charge is 0.457 e. The van der Waals surface area contributed by atoms with Crippen molar-refractivity contribution in [2.75, 3.05) is 18.1 Å². The van der Waals surface area contributed by atoms with Crippen molar-refractivity contribution < 1.29 is 66.7 Å². The van der Waals surface area contributed by atoms with Crippen LogP contribution < -0.4 is 5.32 Å². The van der Waals surface area contributed by atoms with E-state index in [1.807, 2.05) is 6.92 Å². The number of nitrogens with zero attached hydrogens (tertiary/aromatic N) is 1. The molecule has 48 heavy (non-hydrogen) atoms. The number of carbonyl (C=O) groups excluding carboxylic acids is 7. The molecule has 2 rings (SSSR count). The summed E-state index contributed by atoms with van der Waals surface area (Å²) in [4.78, 5) is 88.2. The van der Waals surface area contributed by atoms with Crippen LogP contribution in [0.1, 0.15) is 69.2 Å². The van der Waals surface area contributed by atoms with Gasteiger partial charge in [-0.15, -0.1) is 23.5 Å². The number of hydrogen-bond acceptors (Lipinski definition) is 16. The molecule has 1 N–H and O–H groups in total. The molecule has 0 aromatic carbocycles. The maximum absolute atomic E-state index is 13.6. The van der Waals surface area contributed by atoms with Gasteiger partial charge in [0.1, 0.15) is 28.6 Å².